The normalized spacial score (nSPS) is 27.8. The summed E-state index contributed by atoms with van der Waals surface area (Å²) in [4.78, 5) is 11.6. The summed E-state index contributed by atoms with van der Waals surface area (Å²) in [6.45, 7) is 14.3. The molecule has 0 saturated carbocycles. The first-order valence-corrected chi connectivity index (χ1v) is 5.19. The molecule has 0 aromatic heterocycles. The number of halogens is 1. The topological polar surface area (TPSA) is 26.3 Å². The van der Waals surface area contributed by atoms with Crippen molar-refractivity contribution in [3.63, 3.8) is 0 Å². The molecular weight excluding hydrogens is 412 g/mol. The predicted molar refractivity (Wildman–Crippen MR) is 56.6 cm³/mol. The van der Waals surface area contributed by atoms with Gasteiger partial charge in [0.1, 0.15) is 5.60 Å². The van der Waals surface area contributed by atoms with Gasteiger partial charge in [-0.3, -0.25) is 4.79 Å². The fraction of sp³-hybridized carbons (Fsp3) is 0.833. The zero-order valence-electron chi connectivity index (χ0n) is 11.0. The van der Waals surface area contributed by atoms with Crippen molar-refractivity contribution < 1.29 is 49.6 Å². The van der Waals surface area contributed by atoms with Gasteiger partial charge in [0, 0.05) is 5.92 Å². The molecule has 1 heterocycles. The molecule has 0 bridgehead atoms. The second kappa shape index (κ2) is 6.04. The van der Waals surface area contributed by atoms with Crippen LogP contribution in [-0.4, -0.2) is 11.6 Å². The number of hydrogen-bond donors (Lipinski definition) is 0. The van der Waals surface area contributed by atoms with E-state index in [4.69, 9.17) is 4.74 Å². The van der Waals surface area contributed by atoms with E-state index in [0.717, 1.165) is 6.42 Å². The summed E-state index contributed by atoms with van der Waals surface area (Å²) < 4.78 is 5.32. The summed E-state index contributed by atoms with van der Waals surface area (Å²) in [6.07, 6.45) is 0.851. The number of cyclic esters (lactones) is 1. The van der Waals surface area contributed by atoms with E-state index in [1.54, 1.807) is 0 Å². The van der Waals surface area contributed by atoms with Crippen molar-refractivity contribution in [2.75, 3.05) is 0 Å². The third kappa shape index (κ3) is 4.52. The predicted octanol–water partition coefficient (Wildman–Crippen LogP) is -0.174. The van der Waals surface area contributed by atoms with E-state index in [-0.39, 0.29) is 63.3 Å². The van der Waals surface area contributed by atoms with Gasteiger partial charge < -0.3 is 17.1 Å². The van der Waals surface area contributed by atoms with Gasteiger partial charge in [0.2, 0.25) is 0 Å². The molecule has 0 spiro atoms. The quantitative estimate of drug-likeness (QED) is 0.424. The largest absolute Gasteiger partial charge is 1.00 e. The Balaban J connectivity index is 0. The molecule has 2 nitrogen and oxygen atoms in total. The summed E-state index contributed by atoms with van der Waals surface area (Å²) in [5.41, 5.74) is -0.243. The molecular formula is C12H21ClHgO2. The van der Waals surface area contributed by atoms with Gasteiger partial charge in [-0.15, -0.1) is 0 Å². The molecule has 1 fully saturated rings. The minimum absolute atomic E-state index is 0. The van der Waals surface area contributed by atoms with Crippen LogP contribution in [0.1, 0.15) is 41.0 Å². The van der Waals surface area contributed by atoms with Gasteiger partial charge in [0.25, 0.3) is 0 Å². The molecule has 1 aliphatic rings. The summed E-state index contributed by atoms with van der Waals surface area (Å²) in [7, 11) is 0. The van der Waals surface area contributed by atoms with Crippen LogP contribution >= 0.6 is 0 Å². The smallest absolute Gasteiger partial charge is 1.00 e. The summed E-state index contributed by atoms with van der Waals surface area (Å²) in [6, 6.07) is 0. The molecule has 1 rings (SSSR count). The maximum Gasteiger partial charge on any atom is 1.00 e. The molecule has 1 saturated heterocycles. The minimum atomic E-state index is -0.396. The molecule has 1 aliphatic heterocycles. The summed E-state index contributed by atoms with van der Waals surface area (Å²) >= 11 is 0. The van der Waals surface area contributed by atoms with Crippen LogP contribution in [0.5, 0.6) is 0 Å². The average molecular weight is 433 g/mol. The van der Waals surface area contributed by atoms with Gasteiger partial charge in [0.15, 0.2) is 0 Å². The summed E-state index contributed by atoms with van der Waals surface area (Å²) in [5.74, 6) is -0.0517. The molecule has 90 valence electrons. The Kier molecular flexibility index (Phi) is 7.19. The van der Waals surface area contributed by atoms with Gasteiger partial charge in [-0.1, -0.05) is 20.8 Å². The van der Waals surface area contributed by atoms with E-state index in [2.05, 4.69) is 27.7 Å². The van der Waals surface area contributed by atoms with Crippen LogP contribution in [0.25, 0.3) is 0 Å². The molecule has 0 unspecified atom stereocenters. The Morgan fingerprint density at radius 3 is 2.06 bits per heavy atom. The Bertz CT molecular complexity index is 246. The van der Waals surface area contributed by atoms with Crippen LogP contribution in [0.2, 0.25) is 0 Å². The number of esters is 1. The molecule has 0 N–H and O–H groups in total. The maximum absolute atomic E-state index is 11.6. The van der Waals surface area contributed by atoms with Crippen molar-refractivity contribution in [3.05, 3.63) is 6.92 Å². The first kappa shape index (κ1) is 19.0. The molecule has 4 heteroatoms. The third-order valence-corrected chi connectivity index (χ3v) is 2.88. The van der Waals surface area contributed by atoms with Crippen molar-refractivity contribution in [1.82, 2.24) is 0 Å². The standard InChI is InChI=1S/C12H21O2.ClH.Hg/c1-8-9(7-11(2,3)4)10(13)14-12(8,5)6;;/h8-9H,1,7H2,2-6H3;1H;/q;;+1/p-1/t8-,9-;;/m1../s1. The van der Waals surface area contributed by atoms with Gasteiger partial charge in [-0.2, -0.15) is 0 Å². The number of carbonyl (C=O) groups is 1. The second-order valence-corrected chi connectivity index (χ2v) is 6.00. The van der Waals surface area contributed by atoms with E-state index in [0.29, 0.717) is 0 Å². The average Bonchev–Trinajstić information content (AvgIpc) is 2.10. The first-order chi connectivity index (χ1) is 6.13. The third-order valence-electron chi connectivity index (χ3n) is 2.88. The Labute approximate surface area is 126 Å². The van der Waals surface area contributed by atoms with Crippen LogP contribution < -0.4 is 12.4 Å². The van der Waals surface area contributed by atoms with E-state index in [9.17, 15) is 4.79 Å². The minimum Gasteiger partial charge on any atom is -1.00 e. The van der Waals surface area contributed by atoms with Crippen molar-refractivity contribution >= 4 is 5.97 Å². The Morgan fingerprint density at radius 1 is 1.38 bits per heavy atom. The Hall–Kier alpha value is 0.695. The van der Waals surface area contributed by atoms with Crippen LogP contribution in [0.3, 0.4) is 0 Å². The second-order valence-electron chi connectivity index (χ2n) is 6.00. The molecule has 2 atom stereocenters. The molecule has 0 aromatic carbocycles. The van der Waals surface area contributed by atoms with Gasteiger partial charge in [0.05, 0.1) is 5.92 Å². The molecule has 0 aliphatic carbocycles. The van der Waals surface area contributed by atoms with Crippen LogP contribution in [0.4, 0.5) is 0 Å². The van der Waals surface area contributed by atoms with Crippen LogP contribution in [-0.2, 0) is 37.2 Å². The van der Waals surface area contributed by atoms with E-state index < -0.39 is 5.60 Å². The van der Waals surface area contributed by atoms with Crippen LogP contribution in [0, 0.1) is 24.2 Å². The Morgan fingerprint density at radius 2 is 1.81 bits per heavy atom. The molecule has 16 heavy (non-hydrogen) atoms. The van der Waals surface area contributed by atoms with Crippen molar-refractivity contribution in [2.24, 2.45) is 17.3 Å². The van der Waals surface area contributed by atoms with Crippen molar-refractivity contribution in [2.45, 2.75) is 46.6 Å². The van der Waals surface area contributed by atoms with E-state index >= 15 is 0 Å². The van der Waals surface area contributed by atoms with E-state index in [1.165, 1.54) is 0 Å². The van der Waals surface area contributed by atoms with E-state index in [1.807, 2.05) is 13.8 Å². The maximum atomic E-state index is 11.6. The number of carbonyl (C=O) groups excluding carboxylic acids is 1. The number of hydrogen-bond acceptors (Lipinski definition) is 2. The zero-order chi connectivity index (χ0) is 11.1. The number of rotatable bonds is 1. The van der Waals surface area contributed by atoms with Crippen LogP contribution in [0.15, 0.2) is 0 Å². The monoisotopic (exact) mass is 434 g/mol. The fourth-order valence-corrected chi connectivity index (χ4v) is 1.94. The molecule has 2 radical (unpaired) electrons. The molecule has 0 amide bonds. The van der Waals surface area contributed by atoms with Crippen molar-refractivity contribution in [3.8, 4) is 0 Å². The van der Waals surface area contributed by atoms with Gasteiger partial charge >= 0.3 is 33.6 Å². The first-order valence-electron chi connectivity index (χ1n) is 5.19. The van der Waals surface area contributed by atoms with Crippen molar-refractivity contribution in [1.29, 1.82) is 0 Å². The summed E-state index contributed by atoms with van der Waals surface area (Å²) in [5, 5.41) is 0. The van der Waals surface area contributed by atoms with Gasteiger partial charge in [-0.05, 0) is 32.6 Å². The fourth-order valence-electron chi connectivity index (χ4n) is 1.94. The SMILES string of the molecule is [CH2][C@@H]1[C@@H](CC(C)(C)C)C(=O)OC1(C)C.[Cl-].[Hg+]. The zero-order valence-corrected chi connectivity index (χ0v) is 17.2. The van der Waals surface area contributed by atoms with Gasteiger partial charge in [-0.25, -0.2) is 0 Å². The number of ether oxygens (including phenoxy) is 1. The molecule has 0 aromatic rings.